The molecule has 0 unspecified atom stereocenters. The number of β-amino-alcohol motifs (C(OH)–C–C–N with tert-alkyl or cyclic N) is 1. The highest BCUT2D eigenvalue weighted by molar-refractivity contribution is 7.17. The first kappa shape index (κ1) is 18.3. The van der Waals surface area contributed by atoms with Gasteiger partial charge in [0, 0.05) is 51.1 Å². The number of piperidine rings is 1. The normalized spacial score (nSPS) is 19.5. The Balaban J connectivity index is 1.38. The van der Waals surface area contributed by atoms with Crippen LogP contribution in [0.15, 0.2) is 30.7 Å². The van der Waals surface area contributed by atoms with Crippen molar-refractivity contribution in [1.29, 1.82) is 0 Å². The molecule has 5 heterocycles. The van der Waals surface area contributed by atoms with Crippen molar-refractivity contribution < 1.29 is 9.90 Å². The molecule has 0 spiro atoms. The van der Waals surface area contributed by atoms with Crippen molar-refractivity contribution in [2.24, 2.45) is 7.05 Å². The Morgan fingerprint density at radius 2 is 2.14 bits per heavy atom. The lowest BCUT2D eigenvalue weighted by Gasteiger charge is -2.30. The Morgan fingerprint density at radius 3 is 2.86 bits per heavy atom. The first-order chi connectivity index (χ1) is 14.1. The van der Waals surface area contributed by atoms with Crippen LogP contribution in [0.3, 0.4) is 0 Å². The molecule has 0 bridgehead atoms. The van der Waals surface area contributed by atoms with Crippen LogP contribution in [0, 0.1) is 0 Å². The zero-order valence-corrected chi connectivity index (χ0v) is 17.0. The lowest BCUT2D eigenvalue weighted by molar-refractivity contribution is 0.0984. The maximum absolute atomic E-state index is 13.0. The van der Waals surface area contributed by atoms with Gasteiger partial charge >= 0.3 is 0 Å². The summed E-state index contributed by atoms with van der Waals surface area (Å²) in [4.78, 5) is 26.8. The van der Waals surface area contributed by atoms with Crippen molar-refractivity contribution in [3.05, 3.63) is 41.3 Å². The van der Waals surface area contributed by atoms with Crippen molar-refractivity contribution in [2.75, 3.05) is 29.4 Å². The van der Waals surface area contributed by atoms with Gasteiger partial charge in [-0.25, -0.2) is 9.97 Å². The molecule has 1 fully saturated rings. The molecule has 3 aromatic heterocycles. The molecule has 1 N–H and O–H groups in total. The molecule has 5 rings (SSSR count). The van der Waals surface area contributed by atoms with Crippen LogP contribution in [0.4, 0.5) is 11.5 Å². The molecule has 2 aliphatic rings. The van der Waals surface area contributed by atoms with Gasteiger partial charge in [0.05, 0.1) is 23.7 Å². The fourth-order valence-electron chi connectivity index (χ4n) is 3.91. The van der Waals surface area contributed by atoms with E-state index >= 15 is 0 Å². The number of aryl methyl sites for hydroxylation is 1. The van der Waals surface area contributed by atoms with E-state index in [0.29, 0.717) is 18.0 Å². The number of hydrogen-bond donors (Lipinski definition) is 1. The lowest BCUT2D eigenvalue weighted by Crippen LogP contribution is -2.38. The van der Waals surface area contributed by atoms with Crippen LogP contribution in [0.2, 0.25) is 0 Å². The van der Waals surface area contributed by atoms with Gasteiger partial charge in [-0.05, 0) is 25.0 Å². The maximum Gasteiger partial charge on any atom is 0.270 e. The molecule has 8 nitrogen and oxygen atoms in total. The molecule has 2 aliphatic heterocycles. The first-order valence-corrected chi connectivity index (χ1v) is 10.6. The predicted molar refractivity (Wildman–Crippen MR) is 111 cm³/mol. The van der Waals surface area contributed by atoms with E-state index in [1.54, 1.807) is 15.8 Å². The first-order valence-electron chi connectivity index (χ1n) is 9.78. The zero-order chi connectivity index (χ0) is 20.0. The number of hydrogen-bond acceptors (Lipinski definition) is 7. The molecular weight excluding hydrogens is 388 g/mol. The number of fused-ring (bicyclic) bond motifs is 1. The van der Waals surface area contributed by atoms with Crippen LogP contribution in [0.25, 0.3) is 10.6 Å². The molecule has 1 saturated heterocycles. The molecule has 1 atom stereocenters. The molecular formula is C20H22N6O2S. The predicted octanol–water partition coefficient (Wildman–Crippen LogP) is 2.10. The highest BCUT2D eigenvalue weighted by Gasteiger charge is 2.30. The number of aromatic nitrogens is 4. The van der Waals surface area contributed by atoms with E-state index in [1.807, 2.05) is 31.6 Å². The average Bonchev–Trinajstić information content (AvgIpc) is 3.35. The smallest absolute Gasteiger partial charge is 0.270 e. The summed E-state index contributed by atoms with van der Waals surface area (Å²) in [7, 11) is 1.84. The molecule has 29 heavy (non-hydrogen) atoms. The van der Waals surface area contributed by atoms with Gasteiger partial charge in [0.15, 0.2) is 0 Å². The number of aliphatic hydroxyl groups excluding tert-OH is 1. The van der Waals surface area contributed by atoms with Crippen molar-refractivity contribution in [3.8, 4) is 10.6 Å². The largest absolute Gasteiger partial charge is 0.391 e. The standard InChI is InChI=1S/C20H22N6O2S/c1-24-11-14(10-22-24)26-8-6-16-18(20(26)28)29-19(23-16)13-4-5-17(21-9-13)25-7-2-3-15(27)12-25/h4-5,9-11,15,27H,2-3,6-8,12H2,1H3/t15-/m0/s1. The van der Waals surface area contributed by atoms with Crippen molar-refractivity contribution in [3.63, 3.8) is 0 Å². The van der Waals surface area contributed by atoms with Crippen LogP contribution in [-0.4, -0.2) is 56.5 Å². The number of nitrogens with zero attached hydrogens (tertiary/aromatic N) is 6. The van der Waals surface area contributed by atoms with Crippen LogP contribution < -0.4 is 9.80 Å². The summed E-state index contributed by atoms with van der Waals surface area (Å²) in [6.07, 6.45) is 7.64. The van der Waals surface area contributed by atoms with Crippen LogP contribution in [-0.2, 0) is 13.5 Å². The Labute approximate surface area is 172 Å². The highest BCUT2D eigenvalue weighted by atomic mass is 32.1. The summed E-state index contributed by atoms with van der Waals surface area (Å²) in [6, 6.07) is 3.97. The van der Waals surface area contributed by atoms with Gasteiger partial charge in [0.2, 0.25) is 0 Å². The second-order valence-corrected chi connectivity index (χ2v) is 8.52. The minimum absolute atomic E-state index is 0.0186. The maximum atomic E-state index is 13.0. The van der Waals surface area contributed by atoms with Gasteiger partial charge in [-0.3, -0.25) is 9.48 Å². The third-order valence-electron chi connectivity index (χ3n) is 5.43. The molecule has 1 amide bonds. The third-order valence-corrected chi connectivity index (χ3v) is 6.56. The lowest BCUT2D eigenvalue weighted by atomic mass is 10.1. The Bertz CT molecular complexity index is 1040. The van der Waals surface area contributed by atoms with E-state index in [2.05, 4.69) is 15.0 Å². The van der Waals surface area contributed by atoms with Gasteiger partial charge in [0.1, 0.15) is 15.7 Å². The van der Waals surface area contributed by atoms with E-state index < -0.39 is 0 Å². The molecule has 0 saturated carbocycles. The quantitative estimate of drug-likeness (QED) is 0.712. The number of amides is 1. The molecule has 9 heteroatoms. The van der Waals surface area contributed by atoms with Gasteiger partial charge in [0.25, 0.3) is 5.91 Å². The van der Waals surface area contributed by atoms with Gasteiger partial charge in [-0.2, -0.15) is 5.10 Å². The molecule has 0 aliphatic carbocycles. The fraction of sp³-hybridized carbons (Fsp3) is 0.400. The number of aliphatic hydroxyl groups is 1. The number of rotatable bonds is 3. The minimum atomic E-state index is -0.287. The number of anilines is 2. The van der Waals surface area contributed by atoms with Crippen LogP contribution >= 0.6 is 11.3 Å². The monoisotopic (exact) mass is 410 g/mol. The topological polar surface area (TPSA) is 87.4 Å². The second-order valence-electron chi connectivity index (χ2n) is 7.52. The van der Waals surface area contributed by atoms with Crippen molar-refractivity contribution >= 4 is 28.7 Å². The molecule has 0 aromatic carbocycles. The average molecular weight is 411 g/mol. The molecule has 3 aromatic rings. The van der Waals surface area contributed by atoms with Gasteiger partial charge < -0.3 is 14.9 Å². The third kappa shape index (κ3) is 3.40. The van der Waals surface area contributed by atoms with Gasteiger partial charge in [-0.1, -0.05) is 0 Å². The number of thiazole rings is 1. The van der Waals surface area contributed by atoms with E-state index in [4.69, 9.17) is 4.98 Å². The summed E-state index contributed by atoms with van der Waals surface area (Å²) in [5.74, 6) is 0.850. The van der Waals surface area contributed by atoms with Crippen molar-refractivity contribution in [1.82, 2.24) is 19.7 Å². The minimum Gasteiger partial charge on any atom is -0.391 e. The summed E-state index contributed by atoms with van der Waals surface area (Å²) in [6.45, 7) is 2.14. The second kappa shape index (κ2) is 7.23. The van der Waals surface area contributed by atoms with Gasteiger partial charge in [-0.15, -0.1) is 11.3 Å². The Kier molecular flexibility index (Phi) is 4.56. The number of pyridine rings is 1. The SMILES string of the molecule is Cn1cc(N2CCc3nc(-c4ccc(N5CCC[C@H](O)C5)nc4)sc3C2=O)cn1. The molecule has 0 radical (unpaired) electrons. The summed E-state index contributed by atoms with van der Waals surface area (Å²) in [5, 5.41) is 14.9. The zero-order valence-electron chi connectivity index (χ0n) is 16.2. The Hall–Kier alpha value is -2.78. The summed E-state index contributed by atoms with van der Waals surface area (Å²) in [5.41, 5.74) is 2.58. The van der Waals surface area contributed by atoms with Crippen LogP contribution in [0.1, 0.15) is 28.2 Å². The number of carbonyl (C=O) groups is 1. The molecule has 150 valence electrons. The van der Waals surface area contributed by atoms with E-state index in [0.717, 1.165) is 53.6 Å². The van der Waals surface area contributed by atoms with E-state index in [-0.39, 0.29) is 12.0 Å². The van der Waals surface area contributed by atoms with E-state index in [1.165, 1.54) is 11.3 Å². The fourth-order valence-corrected chi connectivity index (χ4v) is 4.96. The summed E-state index contributed by atoms with van der Waals surface area (Å²) < 4.78 is 1.70. The van der Waals surface area contributed by atoms with Crippen molar-refractivity contribution in [2.45, 2.75) is 25.4 Å². The van der Waals surface area contributed by atoms with Crippen LogP contribution in [0.5, 0.6) is 0 Å². The highest BCUT2D eigenvalue weighted by Crippen LogP contribution is 2.33. The van der Waals surface area contributed by atoms with E-state index in [9.17, 15) is 9.90 Å². The Morgan fingerprint density at radius 1 is 1.24 bits per heavy atom. The summed E-state index contributed by atoms with van der Waals surface area (Å²) >= 11 is 1.42. The number of carbonyl (C=O) groups excluding carboxylic acids is 1.